The highest BCUT2D eigenvalue weighted by atomic mass is 19.4. The maximum Gasteiger partial charge on any atom is 0.495 e. The van der Waals surface area contributed by atoms with Crippen molar-refractivity contribution in [3.8, 4) is 0 Å². The number of hydrogen-bond acceptors (Lipinski definition) is 4. The number of urea groups is 1. The third kappa shape index (κ3) is 4.80. The summed E-state index contributed by atoms with van der Waals surface area (Å²) in [5.41, 5.74) is -3.20. The van der Waals surface area contributed by atoms with E-state index in [0.717, 1.165) is 24.4 Å². The van der Waals surface area contributed by atoms with E-state index in [-0.39, 0.29) is 5.46 Å². The maximum absolute atomic E-state index is 14.5. The fourth-order valence-corrected chi connectivity index (χ4v) is 2.76. The Bertz CT molecular complexity index is 975. The Morgan fingerprint density at radius 2 is 1.55 bits per heavy atom. The maximum atomic E-state index is 14.5. The van der Waals surface area contributed by atoms with Gasteiger partial charge in [-0.1, -0.05) is 0 Å². The predicted octanol–water partition coefficient (Wildman–Crippen LogP) is 4.32. The second kappa shape index (κ2) is 7.76. The van der Waals surface area contributed by atoms with Crippen molar-refractivity contribution in [2.24, 2.45) is 0 Å². The molecular formula is C19H19BF5N3O3. The monoisotopic (exact) mass is 443 g/mol. The van der Waals surface area contributed by atoms with Crippen molar-refractivity contribution in [2.75, 3.05) is 10.6 Å². The molecule has 2 aromatic rings. The number of benzene rings is 1. The fraction of sp³-hybridized carbons (Fsp3) is 0.368. The molecular weight excluding hydrogens is 424 g/mol. The first kappa shape index (κ1) is 22.9. The van der Waals surface area contributed by atoms with Crippen LogP contribution >= 0.6 is 0 Å². The quantitative estimate of drug-likeness (QED) is 0.548. The Balaban J connectivity index is 1.75. The Morgan fingerprint density at radius 1 is 1.00 bits per heavy atom. The molecule has 0 unspecified atom stereocenters. The number of hydrogen-bond donors (Lipinski definition) is 2. The number of carbonyl (C=O) groups excluding carboxylic acids is 1. The van der Waals surface area contributed by atoms with Crippen LogP contribution in [-0.2, 0) is 15.5 Å². The van der Waals surface area contributed by atoms with E-state index in [4.69, 9.17) is 9.31 Å². The standard InChI is InChI=1S/C19H19BF5N3O3/c1-17(2)18(3,4)31-20(30-17)11-8-12(21)15(13(22)9-11)28-16(29)27-14-7-10(5-6-26-14)19(23,24)25/h5-9H,1-4H3,(H2,26,27,28,29). The van der Waals surface area contributed by atoms with Crippen molar-refractivity contribution in [3.63, 3.8) is 0 Å². The number of aromatic nitrogens is 1. The molecule has 166 valence electrons. The number of carbonyl (C=O) groups is 1. The Morgan fingerprint density at radius 3 is 2.06 bits per heavy atom. The van der Waals surface area contributed by atoms with Crippen molar-refractivity contribution in [3.05, 3.63) is 47.7 Å². The summed E-state index contributed by atoms with van der Waals surface area (Å²) in [6.45, 7) is 7.12. The van der Waals surface area contributed by atoms with Crippen LogP contribution in [0.2, 0.25) is 0 Å². The number of pyridine rings is 1. The average molecular weight is 443 g/mol. The first-order valence-electron chi connectivity index (χ1n) is 9.15. The summed E-state index contributed by atoms with van der Waals surface area (Å²) in [4.78, 5) is 15.6. The van der Waals surface area contributed by atoms with Gasteiger partial charge in [-0.15, -0.1) is 0 Å². The number of nitrogens with one attached hydrogen (secondary N) is 2. The fourth-order valence-electron chi connectivity index (χ4n) is 2.76. The van der Waals surface area contributed by atoms with Gasteiger partial charge in [0, 0.05) is 6.20 Å². The highest BCUT2D eigenvalue weighted by Gasteiger charge is 2.52. The SMILES string of the molecule is CC1(C)OB(c2cc(F)c(NC(=O)Nc3cc(C(F)(F)F)ccn3)c(F)c2)OC1(C)C. The van der Waals surface area contributed by atoms with Crippen LogP contribution in [-0.4, -0.2) is 29.3 Å². The number of alkyl halides is 3. The van der Waals surface area contributed by atoms with Crippen LogP contribution in [0, 0.1) is 11.6 Å². The topological polar surface area (TPSA) is 72.5 Å². The van der Waals surface area contributed by atoms with E-state index in [1.54, 1.807) is 27.7 Å². The lowest BCUT2D eigenvalue weighted by molar-refractivity contribution is -0.137. The third-order valence-corrected chi connectivity index (χ3v) is 5.16. The minimum absolute atomic E-state index is 0.0687. The van der Waals surface area contributed by atoms with Crippen LogP contribution in [0.15, 0.2) is 30.5 Å². The minimum Gasteiger partial charge on any atom is -0.399 e. The molecule has 0 radical (unpaired) electrons. The van der Waals surface area contributed by atoms with Crippen LogP contribution in [0.5, 0.6) is 0 Å². The summed E-state index contributed by atoms with van der Waals surface area (Å²) >= 11 is 0. The minimum atomic E-state index is -4.64. The molecule has 6 nitrogen and oxygen atoms in total. The first-order chi connectivity index (χ1) is 14.2. The second-order valence-corrected chi connectivity index (χ2v) is 7.95. The van der Waals surface area contributed by atoms with E-state index < -0.39 is 59.2 Å². The lowest BCUT2D eigenvalue weighted by Crippen LogP contribution is -2.41. The lowest BCUT2D eigenvalue weighted by Gasteiger charge is -2.32. The molecule has 0 atom stereocenters. The Labute approximate surface area is 175 Å². The molecule has 31 heavy (non-hydrogen) atoms. The van der Waals surface area contributed by atoms with E-state index in [1.165, 1.54) is 0 Å². The van der Waals surface area contributed by atoms with E-state index in [0.29, 0.717) is 6.07 Å². The number of amides is 2. The van der Waals surface area contributed by atoms with Crippen molar-refractivity contribution in [1.82, 2.24) is 4.98 Å². The van der Waals surface area contributed by atoms with Crippen molar-refractivity contribution in [1.29, 1.82) is 0 Å². The smallest absolute Gasteiger partial charge is 0.399 e. The molecule has 1 aromatic heterocycles. The molecule has 2 amide bonds. The number of anilines is 2. The molecule has 1 saturated heterocycles. The van der Waals surface area contributed by atoms with Gasteiger partial charge in [-0.3, -0.25) is 5.32 Å². The van der Waals surface area contributed by atoms with Crippen LogP contribution in [0.4, 0.5) is 38.3 Å². The summed E-state index contributed by atoms with van der Waals surface area (Å²) in [5, 5.41) is 3.94. The summed E-state index contributed by atoms with van der Waals surface area (Å²) in [5.74, 6) is -2.67. The molecule has 12 heteroatoms. The molecule has 2 heterocycles. The summed E-state index contributed by atoms with van der Waals surface area (Å²) < 4.78 is 78.7. The molecule has 1 fully saturated rings. The van der Waals surface area contributed by atoms with E-state index in [2.05, 4.69) is 4.98 Å². The number of rotatable bonds is 3. The third-order valence-electron chi connectivity index (χ3n) is 5.16. The summed E-state index contributed by atoms with van der Waals surface area (Å²) in [7, 11) is -1.02. The summed E-state index contributed by atoms with van der Waals surface area (Å²) in [6.07, 6.45) is -3.80. The van der Waals surface area contributed by atoms with Gasteiger partial charge in [-0.05, 0) is 57.4 Å². The van der Waals surface area contributed by atoms with Gasteiger partial charge in [0.1, 0.15) is 23.1 Å². The van der Waals surface area contributed by atoms with Gasteiger partial charge in [0.15, 0.2) is 0 Å². The van der Waals surface area contributed by atoms with Gasteiger partial charge < -0.3 is 14.6 Å². The van der Waals surface area contributed by atoms with Crippen LogP contribution in [0.3, 0.4) is 0 Å². The zero-order valence-electron chi connectivity index (χ0n) is 17.0. The van der Waals surface area contributed by atoms with Gasteiger partial charge in [0.05, 0.1) is 16.8 Å². The molecule has 1 aromatic carbocycles. The van der Waals surface area contributed by atoms with Gasteiger partial charge in [0.25, 0.3) is 0 Å². The zero-order valence-corrected chi connectivity index (χ0v) is 17.0. The Hall–Kier alpha value is -2.73. The van der Waals surface area contributed by atoms with Crippen LogP contribution < -0.4 is 16.1 Å². The molecule has 1 aliphatic heterocycles. The molecule has 0 saturated carbocycles. The van der Waals surface area contributed by atoms with E-state index in [9.17, 15) is 26.7 Å². The van der Waals surface area contributed by atoms with Gasteiger partial charge in [-0.2, -0.15) is 13.2 Å². The first-order valence-corrected chi connectivity index (χ1v) is 9.15. The number of nitrogens with zero attached hydrogens (tertiary/aromatic N) is 1. The van der Waals surface area contributed by atoms with Crippen molar-refractivity contribution < 1.29 is 36.1 Å². The molecule has 0 spiro atoms. The highest BCUT2D eigenvalue weighted by Crippen LogP contribution is 2.37. The number of halogens is 5. The van der Waals surface area contributed by atoms with Crippen molar-refractivity contribution in [2.45, 2.75) is 45.1 Å². The van der Waals surface area contributed by atoms with Crippen LogP contribution in [0.25, 0.3) is 0 Å². The van der Waals surface area contributed by atoms with Crippen LogP contribution in [0.1, 0.15) is 33.3 Å². The van der Waals surface area contributed by atoms with E-state index in [1.807, 2.05) is 10.6 Å². The largest absolute Gasteiger partial charge is 0.495 e. The Kier molecular flexibility index (Phi) is 5.74. The summed E-state index contributed by atoms with van der Waals surface area (Å²) in [6, 6.07) is 2.03. The average Bonchev–Trinajstić information content (AvgIpc) is 2.85. The van der Waals surface area contributed by atoms with E-state index >= 15 is 0 Å². The molecule has 2 N–H and O–H groups in total. The normalized spacial score (nSPS) is 17.5. The van der Waals surface area contributed by atoms with Crippen molar-refractivity contribution >= 4 is 30.1 Å². The van der Waals surface area contributed by atoms with Gasteiger partial charge in [0.2, 0.25) is 0 Å². The molecule has 3 rings (SSSR count). The predicted molar refractivity (Wildman–Crippen MR) is 104 cm³/mol. The second-order valence-electron chi connectivity index (χ2n) is 7.95. The molecule has 0 aliphatic carbocycles. The van der Waals surface area contributed by atoms with Gasteiger partial charge in [-0.25, -0.2) is 18.6 Å². The zero-order chi connectivity index (χ0) is 23.2. The molecule has 0 bridgehead atoms. The lowest BCUT2D eigenvalue weighted by atomic mass is 9.79. The highest BCUT2D eigenvalue weighted by molar-refractivity contribution is 6.62. The van der Waals surface area contributed by atoms with Gasteiger partial charge >= 0.3 is 19.3 Å². The molecule has 1 aliphatic rings.